The molecule has 0 aromatic heterocycles. The Morgan fingerprint density at radius 3 is 0.880 bits per heavy atom. The van der Waals surface area contributed by atoms with E-state index >= 15 is 0 Å². The Labute approximate surface area is 163 Å². The third-order valence-corrected chi connectivity index (χ3v) is 2.28. The van der Waals surface area contributed by atoms with Gasteiger partial charge in [-0.2, -0.15) is 0 Å². The van der Waals surface area contributed by atoms with Gasteiger partial charge in [-0.3, -0.25) is 0 Å². The average molecular weight is 355 g/mol. The maximum atomic E-state index is 2.24. The van der Waals surface area contributed by atoms with Crippen molar-refractivity contribution in [2.24, 2.45) is 11.3 Å². The minimum absolute atomic E-state index is 0.542. The molecule has 0 nitrogen and oxygen atoms in total. The normalized spacial score (nSPS) is 8.48. The Kier molecular flexibility index (Phi) is 39.6. The predicted octanol–water partition coefficient (Wildman–Crippen LogP) is 9.88. The Hall–Kier alpha value is -0.780. The van der Waals surface area contributed by atoms with Gasteiger partial charge < -0.3 is 0 Å². The summed E-state index contributed by atoms with van der Waals surface area (Å²) in [6.45, 7) is 31.9. The number of hydrogen-bond donors (Lipinski definition) is 0. The summed E-state index contributed by atoms with van der Waals surface area (Å²) in [5.74, 6) is 0.833. The van der Waals surface area contributed by atoms with Crippen LogP contribution in [0, 0.1) is 25.2 Å². The smallest absolute Gasteiger partial charge is 0.0385 e. The summed E-state index contributed by atoms with van der Waals surface area (Å²) in [5, 5.41) is 0. The molecule has 1 aromatic carbocycles. The highest BCUT2D eigenvalue weighted by Crippen LogP contribution is 2.16. The van der Waals surface area contributed by atoms with Crippen LogP contribution in [-0.4, -0.2) is 0 Å². The SMILES string of the molecule is CC.CC.CC(C)C.CCC.CCC(C)(C)C.Cc1ccc(C)cc1. The van der Waals surface area contributed by atoms with E-state index in [9.17, 15) is 0 Å². The third-order valence-electron chi connectivity index (χ3n) is 2.28. The zero-order chi connectivity index (χ0) is 21.5. The molecule has 0 fully saturated rings. The van der Waals surface area contributed by atoms with E-state index in [1.807, 2.05) is 27.7 Å². The quantitative estimate of drug-likeness (QED) is 0.434. The standard InChI is InChI=1S/C8H10.C6H14.C4H10.C3H8.2C2H6/c1-7-3-5-8(2)6-4-7;1-5-6(2,3)4;1-4(2)3;1-3-2;2*1-2/h3-6H,1-2H3;5H2,1-4H3;4H,1-3H3;3H2,1-2H3;2*1-2H3. The molecule has 0 bridgehead atoms. The molecule has 0 radical (unpaired) electrons. The van der Waals surface area contributed by atoms with Crippen molar-refractivity contribution in [3.63, 3.8) is 0 Å². The van der Waals surface area contributed by atoms with Crippen molar-refractivity contribution in [1.82, 2.24) is 0 Å². The van der Waals surface area contributed by atoms with Crippen LogP contribution in [0.15, 0.2) is 24.3 Å². The van der Waals surface area contributed by atoms with Gasteiger partial charge in [-0.1, -0.05) is 138 Å². The highest BCUT2D eigenvalue weighted by atomic mass is 14.1. The molecule has 0 amide bonds. The summed E-state index contributed by atoms with van der Waals surface area (Å²) in [6.07, 6.45) is 2.52. The first-order valence-corrected chi connectivity index (χ1v) is 10.5. The molecule has 0 heteroatoms. The van der Waals surface area contributed by atoms with E-state index < -0.39 is 0 Å². The lowest BCUT2D eigenvalue weighted by Crippen LogP contribution is -2.00. The van der Waals surface area contributed by atoms with Gasteiger partial charge >= 0.3 is 0 Å². The maximum absolute atomic E-state index is 2.24. The zero-order valence-corrected chi connectivity index (χ0v) is 20.8. The minimum Gasteiger partial charge on any atom is -0.0683 e. The summed E-state index contributed by atoms with van der Waals surface area (Å²) in [5.41, 5.74) is 3.20. The van der Waals surface area contributed by atoms with Gasteiger partial charge in [0, 0.05) is 0 Å². The second-order valence-electron chi connectivity index (χ2n) is 7.51. The molecule has 0 heterocycles. The van der Waals surface area contributed by atoms with Crippen LogP contribution in [0.4, 0.5) is 0 Å². The number of rotatable bonds is 0. The van der Waals surface area contributed by atoms with Crippen LogP contribution >= 0.6 is 0 Å². The number of hydrogen-bond acceptors (Lipinski definition) is 0. The molecule has 0 saturated heterocycles. The number of benzene rings is 1. The molecule has 0 saturated carbocycles. The molecule has 1 aromatic rings. The first kappa shape index (κ1) is 35.4. The van der Waals surface area contributed by atoms with Gasteiger partial charge in [-0.25, -0.2) is 0 Å². The minimum atomic E-state index is 0.542. The van der Waals surface area contributed by atoms with Crippen LogP contribution < -0.4 is 0 Å². The monoisotopic (exact) mass is 354 g/mol. The summed E-state index contributed by atoms with van der Waals surface area (Å²) in [7, 11) is 0. The summed E-state index contributed by atoms with van der Waals surface area (Å²) in [4.78, 5) is 0. The number of aryl methyl sites for hydroxylation is 2. The Morgan fingerprint density at radius 1 is 0.680 bits per heavy atom. The predicted molar refractivity (Wildman–Crippen MR) is 125 cm³/mol. The molecule has 0 aliphatic carbocycles. The lowest BCUT2D eigenvalue weighted by molar-refractivity contribution is 0.398. The largest absolute Gasteiger partial charge is 0.0683 e. The van der Waals surface area contributed by atoms with Crippen LogP contribution in [0.1, 0.15) is 114 Å². The fourth-order valence-electron chi connectivity index (χ4n) is 0.637. The molecule has 0 aliphatic rings. The van der Waals surface area contributed by atoms with E-state index in [0.29, 0.717) is 5.41 Å². The molecule has 1 rings (SSSR count). The fraction of sp³-hybridized carbons (Fsp3) is 0.760. The van der Waals surface area contributed by atoms with E-state index in [4.69, 9.17) is 0 Å². The summed E-state index contributed by atoms with van der Waals surface area (Å²) < 4.78 is 0. The van der Waals surface area contributed by atoms with Gasteiger partial charge in [0.05, 0.1) is 0 Å². The van der Waals surface area contributed by atoms with E-state index in [1.54, 1.807) is 0 Å². The molecule has 0 atom stereocenters. The van der Waals surface area contributed by atoms with E-state index in [1.165, 1.54) is 24.0 Å². The first-order valence-electron chi connectivity index (χ1n) is 10.5. The van der Waals surface area contributed by atoms with Crippen molar-refractivity contribution in [3.8, 4) is 0 Å². The highest BCUT2D eigenvalue weighted by Gasteiger charge is 2.03. The van der Waals surface area contributed by atoms with Gasteiger partial charge in [0.25, 0.3) is 0 Å². The van der Waals surface area contributed by atoms with Gasteiger partial charge in [0.1, 0.15) is 0 Å². The average Bonchev–Trinajstić information content (AvgIpc) is 2.54. The molecule has 154 valence electrons. The lowest BCUT2D eigenvalue weighted by Gasteiger charge is -2.12. The van der Waals surface area contributed by atoms with Gasteiger partial charge in [0.15, 0.2) is 0 Å². The first-order chi connectivity index (χ1) is 11.5. The molecule has 0 aliphatic heterocycles. The summed E-state index contributed by atoms with van der Waals surface area (Å²) in [6, 6.07) is 8.48. The van der Waals surface area contributed by atoms with Gasteiger partial charge in [-0.15, -0.1) is 0 Å². The van der Waals surface area contributed by atoms with Crippen molar-refractivity contribution < 1.29 is 0 Å². The fourth-order valence-corrected chi connectivity index (χ4v) is 0.637. The van der Waals surface area contributed by atoms with Crippen molar-refractivity contribution >= 4 is 0 Å². The Bertz CT molecular complexity index is 261. The van der Waals surface area contributed by atoms with Crippen LogP contribution in [0.2, 0.25) is 0 Å². The maximum Gasteiger partial charge on any atom is -0.0385 e. The second-order valence-corrected chi connectivity index (χ2v) is 7.51. The van der Waals surface area contributed by atoms with Crippen LogP contribution in [0.5, 0.6) is 0 Å². The second kappa shape index (κ2) is 28.0. The lowest BCUT2D eigenvalue weighted by atomic mass is 9.94. The molecule has 0 N–H and O–H groups in total. The molecular formula is C25H54. The van der Waals surface area contributed by atoms with E-state index in [2.05, 4.69) is 100 Å². The molecule has 0 spiro atoms. The third kappa shape index (κ3) is 70.0. The molecule has 25 heavy (non-hydrogen) atoms. The topological polar surface area (TPSA) is 0 Å². The molecule has 0 unspecified atom stereocenters. The highest BCUT2D eigenvalue weighted by molar-refractivity contribution is 5.19. The van der Waals surface area contributed by atoms with Crippen LogP contribution in [-0.2, 0) is 0 Å². The van der Waals surface area contributed by atoms with Crippen molar-refractivity contribution in [1.29, 1.82) is 0 Å². The van der Waals surface area contributed by atoms with Crippen LogP contribution in [0.25, 0.3) is 0 Å². The van der Waals surface area contributed by atoms with Crippen molar-refractivity contribution in [2.75, 3.05) is 0 Å². The molecular weight excluding hydrogens is 300 g/mol. The van der Waals surface area contributed by atoms with Gasteiger partial charge in [-0.05, 0) is 25.2 Å². The Morgan fingerprint density at radius 2 is 0.800 bits per heavy atom. The van der Waals surface area contributed by atoms with Crippen LogP contribution in [0.3, 0.4) is 0 Å². The van der Waals surface area contributed by atoms with Gasteiger partial charge in [0.2, 0.25) is 0 Å². The van der Waals surface area contributed by atoms with Crippen molar-refractivity contribution in [3.05, 3.63) is 35.4 Å². The van der Waals surface area contributed by atoms with Crippen molar-refractivity contribution in [2.45, 2.75) is 117 Å². The Balaban J connectivity index is -0.0000000703. The van der Waals surface area contributed by atoms with E-state index in [0.717, 1.165) is 5.92 Å². The summed E-state index contributed by atoms with van der Waals surface area (Å²) >= 11 is 0. The zero-order valence-electron chi connectivity index (χ0n) is 20.8. The van der Waals surface area contributed by atoms with E-state index in [-0.39, 0.29) is 0 Å².